The minimum Gasteiger partial charge on any atom is -0.391 e. The van der Waals surface area contributed by atoms with Crippen LogP contribution in [0.1, 0.15) is 31.2 Å². The molecule has 3 heteroatoms. The topological polar surface area (TPSA) is 21.6 Å². The van der Waals surface area contributed by atoms with E-state index in [4.69, 9.17) is 4.84 Å². The lowest BCUT2D eigenvalue weighted by atomic mass is 9.98. The minimum absolute atomic E-state index is 0.451. The van der Waals surface area contributed by atoms with E-state index in [1.165, 1.54) is 29.9 Å². The quantitative estimate of drug-likeness (QED) is 0.699. The second-order valence-electron chi connectivity index (χ2n) is 5.51. The molecule has 0 radical (unpaired) electrons. The summed E-state index contributed by atoms with van der Waals surface area (Å²) in [6.45, 7) is 0.549. The van der Waals surface area contributed by atoms with Crippen molar-refractivity contribution in [3.8, 4) is 0 Å². The average Bonchev–Trinajstić information content (AvgIpc) is 2.58. The second kappa shape index (κ2) is 8.04. The van der Waals surface area contributed by atoms with Crippen molar-refractivity contribution in [1.29, 1.82) is 0 Å². The molecule has 114 valence electrons. The average molecular weight is 311 g/mol. The number of thioether (sulfide) groups is 1. The summed E-state index contributed by atoms with van der Waals surface area (Å²) in [6, 6.07) is 20.8. The lowest BCUT2D eigenvalue weighted by Gasteiger charge is -2.23. The predicted molar refractivity (Wildman–Crippen MR) is 93.2 cm³/mol. The molecular formula is C19H21NOS. The van der Waals surface area contributed by atoms with E-state index in [0.29, 0.717) is 11.9 Å². The van der Waals surface area contributed by atoms with Gasteiger partial charge in [-0.2, -0.15) is 0 Å². The summed E-state index contributed by atoms with van der Waals surface area (Å²) in [5, 5.41) is 4.90. The molecule has 0 bridgehead atoms. The first-order chi connectivity index (χ1) is 10.9. The number of hydrogen-bond donors (Lipinski definition) is 0. The molecule has 0 heterocycles. The minimum atomic E-state index is 0.451. The summed E-state index contributed by atoms with van der Waals surface area (Å²) in [5.41, 5.74) is 2.37. The summed E-state index contributed by atoms with van der Waals surface area (Å²) in [7, 11) is 0. The Hall–Kier alpha value is -1.74. The van der Waals surface area contributed by atoms with Gasteiger partial charge in [0.1, 0.15) is 6.61 Å². The highest BCUT2D eigenvalue weighted by Gasteiger charge is 2.22. The number of benzene rings is 2. The Kier molecular flexibility index (Phi) is 5.54. The van der Waals surface area contributed by atoms with Gasteiger partial charge in [-0.25, -0.2) is 0 Å². The van der Waals surface area contributed by atoms with Crippen LogP contribution in [-0.2, 0) is 11.4 Å². The van der Waals surface area contributed by atoms with Crippen LogP contribution in [0, 0.1) is 0 Å². The molecule has 1 unspecified atom stereocenters. The Balaban J connectivity index is 1.60. The van der Waals surface area contributed by atoms with Crippen molar-refractivity contribution in [3.05, 3.63) is 66.2 Å². The van der Waals surface area contributed by atoms with Crippen LogP contribution < -0.4 is 0 Å². The molecule has 1 fully saturated rings. The van der Waals surface area contributed by atoms with Gasteiger partial charge in [0.2, 0.25) is 0 Å². The molecule has 0 aromatic heterocycles. The molecule has 22 heavy (non-hydrogen) atoms. The summed E-state index contributed by atoms with van der Waals surface area (Å²) in [6.07, 6.45) is 4.74. The molecule has 1 atom stereocenters. The fourth-order valence-electron chi connectivity index (χ4n) is 2.62. The third kappa shape index (κ3) is 4.38. The Morgan fingerprint density at radius 3 is 2.45 bits per heavy atom. The van der Waals surface area contributed by atoms with Gasteiger partial charge in [0.15, 0.2) is 0 Å². The number of nitrogens with zero attached hydrogens (tertiary/aromatic N) is 1. The van der Waals surface area contributed by atoms with Crippen LogP contribution in [-0.4, -0.2) is 11.0 Å². The molecule has 1 aliphatic rings. The molecule has 2 aromatic carbocycles. The highest BCUT2D eigenvalue weighted by Crippen LogP contribution is 2.32. The molecule has 2 nitrogen and oxygen atoms in total. The Bertz CT molecular complexity index is 597. The van der Waals surface area contributed by atoms with E-state index in [1.807, 2.05) is 30.0 Å². The fraction of sp³-hybridized carbons (Fsp3) is 0.316. The number of rotatable bonds is 5. The first kappa shape index (κ1) is 15.2. The van der Waals surface area contributed by atoms with Gasteiger partial charge in [-0.05, 0) is 37.0 Å². The van der Waals surface area contributed by atoms with Crippen molar-refractivity contribution in [2.75, 3.05) is 0 Å². The van der Waals surface area contributed by atoms with Crippen molar-refractivity contribution in [3.63, 3.8) is 0 Å². The van der Waals surface area contributed by atoms with Crippen LogP contribution in [0.25, 0.3) is 0 Å². The first-order valence-electron chi connectivity index (χ1n) is 7.86. The maximum absolute atomic E-state index is 5.60. The largest absolute Gasteiger partial charge is 0.391 e. The van der Waals surface area contributed by atoms with E-state index in [-0.39, 0.29) is 0 Å². The van der Waals surface area contributed by atoms with Gasteiger partial charge in [-0.1, -0.05) is 60.1 Å². The Morgan fingerprint density at radius 1 is 0.955 bits per heavy atom. The van der Waals surface area contributed by atoms with Crippen LogP contribution >= 0.6 is 11.8 Å². The zero-order valence-electron chi connectivity index (χ0n) is 12.7. The van der Waals surface area contributed by atoms with Crippen molar-refractivity contribution in [1.82, 2.24) is 0 Å². The lowest BCUT2D eigenvalue weighted by Crippen LogP contribution is -2.22. The van der Waals surface area contributed by atoms with Crippen LogP contribution in [0.3, 0.4) is 0 Å². The molecule has 0 spiro atoms. The third-order valence-corrected chi connectivity index (χ3v) is 5.13. The fourth-order valence-corrected chi connectivity index (χ4v) is 3.85. The summed E-state index contributed by atoms with van der Waals surface area (Å²) < 4.78 is 0. The summed E-state index contributed by atoms with van der Waals surface area (Å²) in [4.78, 5) is 6.91. The van der Waals surface area contributed by atoms with Crippen molar-refractivity contribution >= 4 is 17.5 Å². The number of oxime groups is 1. The molecule has 1 aliphatic carbocycles. The SMILES string of the molecule is c1ccc(CO/N=C2/CCCCC2Sc2ccccc2)cc1. The van der Waals surface area contributed by atoms with Gasteiger partial charge in [0.05, 0.1) is 11.0 Å². The van der Waals surface area contributed by atoms with E-state index in [1.54, 1.807) is 0 Å². The maximum atomic E-state index is 5.60. The van der Waals surface area contributed by atoms with Gasteiger partial charge >= 0.3 is 0 Å². The van der Waals surface area contributed by atoms with E-state index >= 15 is 0 Å². The van der Waals surface area contributed by atoms with Gasteiger partial charge in [-0.15, -0.1) is 11.8 Å². The van der Waals surface area contributed by atoms with Gasteiger partial charge < -0.3 is 4.84 Å². The van der Waals surface area contributed by atoms with E-state index in [9.17, 15) is 0 Å². The monoisotopic (exact) mass is 311 g/mol. The highest BCUT2D eigenvalue weighted by atomic mass is 32.2. The van der Waals surface area contributed by atoms with Gasteiger partial charge in [0.25, 0.3) is 0 Å². The maximum Gasteiger partial charge on any atom is 0.142 e. The highest BCUT2D eigenvalue weighted by molar-refractivity contribution is 8.00. The summed E-state index contributed by atoms with van der Waals surface area (Å²) in [5.74, 6) is 0. The van der Waals surface area contributed by atoms with E-state index in [0.717, 1.165) is 12.0 Å². The smallest absolute Gasteiger partial charge is 0.142 e. The molecule has 3 rings (SSSR count). The van der Waals surface area contributed by atoms with E-state index in [2.05, 4.69) is 47.6 Å². The second-order valence-corrected chi connectivity index (χ2v) is 6.78. The zero-order chi connectivity index (χ0) is 15.0. The predicted octanol–water partition coefficient (Wildman–Crippen LogP) is 5.29. The third-order valence-electron chi connectivity index (χ3n) is 3.80. The number of hydrogen-bond acceptors (Lipinski definition) is 3. The molecule has 0 amide bonds. The molecule has 2 aromatic rings. The molecular weight excluding hydrogens is 290 g/mol. The van der Waals surface area contributed by atoms with Crippen molar-refractivity contribution in [2.45, 2.75) is 42.4 Å². The Morgan fingerprint density at radius 2 is 1.68 bits per heavy atom. The first-order valence-corrected chi connectivity index (χ1v) is 8.74. The van der Waals surface area contributed by atoms with Gasteiger partial charge in [-0.3, -0.25) is 0 Å². The lowest BCUT2D eigenvalue weighted by molar-refractivity contribution is 0.129. The van der Waals surface area contributed by atoms with Gasteiger partial charge in [0, 0.05) is 4.90 Å². The van der Waals surface area contributed by atoms with Crippen LogP contribution in [0.15, 0.2) is 70.7 Å². The van der Waals surface area contributed by atoms with E-state index < -0.39 is 0 Å². The van der Waals surface area contributed by atoms with Crippen LogP contribution in [0.4, 0.5) is 0 Å². The molecule has 0 N–H and O–H groups in total. The zero-order valence-corrected chi connectivity index (χ0v) is 13.5. The summed E-state index contributed by atoms with van der Waals surface area (Å²) >= 11 is 1.91. The van der Waals surface area contributed by atoms with Crippen molar-refractivity contribution in [2.24, 2.45) is 5.16 Å². The van der Waals surface area contributed by atoms with Crippen LogP contribution in [0.2, 0.25) is 0 Å². The van der Waals surface area contributed by atoms with Crippen LogP contribution in [0.5, 0.6) is 0 Å². The molecule has 1 saturated carbocycles. The Labute approximate surface area is 136 Å². The normalized spacial score (nSPS) is 20.0. The molecule has 0 aliphatic heterocycles. The van der Waals surface area contributed by atoms with Crippen molar-refractivity contribution < 1.29 is 4.84 Å². The molecule has 0 saturated heterocycles. The standard InChI is InChI=1S/C19H21NOS/c1-3-9-16(10-4-1)15-21-20-18-13-7-8-14-19(18)22-17-11-5-2-6-12-17/h1-6,9-12,19H,7-8,13-15H2/b20-18-.